The van der Waals surface area contributed by atoms with Gasteiger partial charge in [-0.05, 0) is 73.8 Å². The molecule has 178 valence electrons. The number of hydrogen-bond donors (Lipinski definition) is 2. The minimum absolute atomic E-state index is 0.0285. The number of ether oxygens (including phenoxy) is 1. The molecule has 1 heterocycles. The molecule has 0 saturated heterocycles. The van der Waals surface area contributed by atoms with Crippen LogP contribution in [0.1, 0.15) is 58.8 Å². The van der Waals surface area contributed by atoms with Gasteiger partial charge in [0.1, 0.15) is 11.4 Å². The number of allylic oxidation sites excluding steroid dienone is 1. The van der Waals surface area contributed by atoms with E-state index in [1.807, 2.05) is 6.92 Å². The lowest BCUT2D eigenvalue weighted by Gasteiger charge is -2.60. The molecule has 0 amide bonds. The first-order chi connectivity index (χ1) is 15.6. The van der Waals surface area contributed by atoms with Crippen LogP contribution in [0.5, 0.6) is 5.88 Å². The number of aromatic nitrogens is 1. The molecule has 1 aromatic rings. The van der Waals surface area contributed by atoms with Gasteiger partial charge in [0.2, 0.25) is 11.7 Å². The molecule has 3 fully saturated rings. The normalized spacial score (nSPS) is 42.1. The maximum atomic E-state index is 13.3. The Labute approximate surface area is 193 Å². The third kappa shape index (κ3) is 3.30. The predicted molar refractivity (Wildman–Crippen MR) is 118 cm³/mol. The van der Waals surface area contributed by atoms with Gasteiger partial charge in [0.15, 0.2) is 12.4 Å². The van der Waals surface area contributed by atoms with Gasteiger partial charge in [-0.3, -0.25) is 9.59 Å². The van der Waals surface area contributed by atoms with Crippen molar-refractivity contribution in [1.82, 2.24) is 4.98 Å². The molecule has 1 aromatic heterocycles. The van der Waals surface area contributed by atoms with Crippen molar-refractivity contribution in [2.75, 3.05) is 6.61 Å². The van der Waals surface area contributed by atoms with Gasteiger partial charge in [-0.1, -0.05) is 19.4 Å². The van der Waals surface area contributed by atoms with Gasteiger partial charge in [0.05, 0.1) is 12.3 Å². The fourth-order valence-corrected chi connectivity index (χ4v) is 7.86. The predicted octanol–water partition coefficient (Wildman–Crippen LogP) is 3.40. The number of rotatable bonds is 4. The van der Waals surface area contributed by atoms with E-state index in [1.165, 1.54) is 12.1 Å². The van der Waals surface area contributed by atoms with E-state index < -0.39 is 28.7 Å². The Morgan fingerprint density at radius 2 is 2.03 bits per heavy atom. The molecule has 6 nitrogen and oxygen atoms in total. The lowest BCUT2D eigenvalue weighted by Crippen LogP contribution is -2.62. The number of Topliss-reactive ketones (excluding diaryl/α,β-unsaturated/α-hetero) is 1. The molecular formula is C26H32FNO5. The summed E-state index contributed by atoms with van der Waals surface area (Å²) in [5.74, 6) is -0.284. The molecule has 3 saturated carbocycles. The number of fused-ring (bicyclic) bond motifs is 5. The maximum Gasteiger partial charge on any atom is 0.213 e. The maximum absolute atomic E-state index is 13.3. The molecule has 0 aliphatic heterocycles. The van der Waals surface area contributed by atoms with E-state index in [2.05, 4.69) is 11.9 Å². The molecule has 2 N–H and O–H groups in total. The second-order valence-corrected chi connectivity index (χ2v) is 11.0. The number of pyridine rings is 1. The summed E-state index contributed by atoms with van der Waals surface area (Å²) in [5, 5.41) is 23.1. The van der Waals surface area contributed by atoms with Crippen LogP contribution in [0, 0.1) is 34.4 Å². The van der Waals surface area contributed by atoms with Crippen molar-refractivity contribution < 1.29 is 28.9 Å². The summed E-state index contributed by atoms with van der Waals surface area (Å²) in [5.41, 5.74) is -1.40. The molecule has 5 rings (SSSR count). The summed E-state index contributed by atoms with van der Waals surface area (Å²) >= 11 is 0. The number of carbonyl (C=O) groups is 2. The average molecular weight is 458 g/mol. The van der Waals surface area contributed by atoms with Gasteiger partial charge in [-0.25, -0.2) is 9.37 Å². The minimum atomic E-state index is -1.59. The van der Waals surface area contributed by atoms with E-state index in [9.17, 15) is 24.2 Å². The zero-order valence-electron chi connectivity index (χ0n) is 19.2. The largest absolute Gasteiger partial charge is 0.470 e. The second-order valence-electron chi connectivity index (χ2n) is 11.0. The van der Waals surface area contributed by atoms with Gasteiger partial charge >= 0.3 is 0 Å². The number of nitrogens with zero attached hydrogens (tertiary/aromatic N) is 1. The van der Waals surface area contributed by atoms with Gasteiger partial charge in [0.25, 0.3) is 0 Å². The Morgan fingerprint density at radius 3 is 2.76 bits per heavy atom. The highest BCUT2D eigenvalue weighted by molar-refractivity contribution is 5.92. The van der Waals surface area contributed by atoms with Crippen LogP contribution < -0.4 is 4.74 Å². The molecule has 4 aliphatic rings. The molecule has 7 heteroatoms. The Kier molecular flexibility index (Phi) is 5.29. The Balaban J connectivity index is 1.39. The number of hydrogen-bond acceptors (Lipinski definition) is 6. The van der Waals surface area contributed by atoms with Crippen LogP contribution in [0.2, 0.25) is 0 Å². The summed E-state index contributed by atoms with van der Waals surface area (Å²) in [6.45, 7) is 3.77. The molecule has 4 aliphatic carbocycles. The number of ketones is 2. The van der Waals surface area contributed by atoms with Gasteiger partial charge in [0, 0.05) is 17.9 Å². The lowest BCUT2D eigenvalue weighted by molar-refractivity contribution is -0.181. The van der Waals surface area contributed by atoms with Gasteiger partial charge < -0.3 is 14.9 Å². The number of aliphatic hydroxyl groups is 2. The van der Waals surface area contributed by atoms with E-state index in [4.69, 9.17) is 4.74 Å². The Hall–Kier alpha value is -2.12. The zero-order chi connectivity index (χ0) is 23.6. The topological polar surface area (TPSA) is 96.7 Å². The summed E-state index contributed by atoms with van der Waals surface area (Å²) < 4.78 is 18.5. The van der Waals surface area contributed by atoms with Crippen molar-refractivity contribution in [3.63, 3.8) is 0 Å². The second kappa shape index (κ2) is 7.70. The molecular weight excluding hydrogens is 425 g/mol. The smallest absolute Gasteiger partial charge is 0.213 e. The van der Waals surface area contributed by atoms with Crippen LogP contribution in [0.15, 0.2) is 30.0 Å². The fraction of sp³-hybridized carbons (Fsp3) is 0.654. The van der Waals surface area contributed by atoms with Crippen molar-refractivity contribution in [2.24, 2.45) is 28.6 Å². The standard InChI is InChI=1S/C26H32FNO5/c1-24-9-7-17(29)11-15(24)3-5-18-19-8-10-26(32,25(19,2)12-20(30)23(18)24)21(31)14-33-22-6-4-16(27)13-28-22/h4,6,11,13,18-20,23,30,32H,3,5,7-10,12,14H2,1-2H3/t18?,19?,20-,23?,24?,25?,26-/m0/s1. The van der Waals surface area contributed by atoms with E-state index >= 15 is 0 Å². The van der Waals surface area contributed by atoms with Gasteiger partial charge in [-0.2, -0.15) is 0 Å². The number of carbonyl (C=O) groups excluding carboxylic acids is 2. The summed E-state index contributed by atoms with van der Waals surface area (Å²) in [7, 11) is 0. The molecule has 5 unspecified atom stereocenters. The monoisotopic (exact) mass is 457 g/mol. The minimum Gasteiger partial charge on any atom is -0.470 e. The Morgan fingerprint density at radius 1 is 1.24 bits per heavy atom. The van der Waals surface area contributed by atoms with Crippen LogP contribution in [0.3, 0.4) is 0 Å². The highest BCUT2D eigenvalue weighted by Crippen LogP contribution is 2.67. The van der Waals surface area contributed by atoms with Gasteiger partial charge in [-0.15, -0.1) is 0 Å². The summed E-state index contributed by atoms with van der Waals surface area (Å²) in [4.78, 5) is 29.1. The molecule has 33 heavy (non-hydrogen) atoms. The van der Waals surface area contributed by atoms with Crippen molar-refractivity contribution in [1.29, 1.82) is 0 Å². The van der Waals surface area contributed by atoms with E-state index in [-0.39, 0.29) is 41.4 Å². The first kappa shape index (κ1) is 22.7. The van der Waals surface area contributed by atoms with Crippen molar-refractivity contribution in [3.8, 4) is 5.88 Å². The number of halogens is 1. The Bertz CT molecular complexity index is 1010. The molecule has 0 radical (unpaired) electrons. The van der Waals surface area contributed by atoms with Crippen LogP contribution in [0.25, 0.3) is 0 Å². The molecule has 0 aromatic carbocycles. The van der Waals surface area contributed by atoms with Crippen LogP contribution >= 0.6 is 0 Å². The highest BCUT2D eigenvalue weighted by atomic mass is 19.1. The zero-order valence-corrected chi connectivity index (χ0v) is 19.2. The van der Waals surface area contributed by atoms with E-state index in [1.54, 1.807) is 6.08 Å². The van der Waals surface area contributed by atoms with Crippen LogP contribution in [-0.4, -0.2) is 45.1 Å². The molecule has 0 bridgehead atoms. The first-order valence-corrected chi connectivity index (χ1v) is 12.0. The average Bonchev–Trinajstić information content (AvgIpc) is 3.04. The number of aliphatic hydroxyl groups excluding tert-OH is 1. The van der Waals surface area contributed by atoms with Crippen LogP contribution in [0.4, 0.5) is 4.39 Å². The molecule has 7 atom stereocenters. The van der Waals surface area contributed by atoms with Crippen LogP contribution in [-0.2, 0) is 9.59 Å². The van der Waals surface area contributed by atoms with Crippen molar-refractivity contribution >= 4 is 11.6 Å². The lowest BCUT2D eigenvalue weighted by atomic mass is 9.45. The van der Waals surface area contributed by atoms with Crippen molar-refractivity contribution in [2.45, 2.75) is 70.5 Å². The highest BCUT2D eigenvalue weighted by Gasteiger charge is 2.68. The van der Waals surface area contributed by atoms with E-state index in [0.717, 1.165) is 37.5 Å². The quantitative estimate of drug-likeness (QED) is 0.719. The summed E-state index contributed by atoms with van der Waals surface area (Å²) in [6, 6.07) is 2.56. The third-order valence-corrected chi connectivity index (χ3v) is 9.56. The third-order valence-electron chi connectivity index (χ3n) is 9.56. The van der Waals surface area contributed by atoms with E-state index in [0.29, 0.717) is 19.3 Å². The van der Waals surface area contributed by atoms with Crippen molar-refractivity contribution in [3.05, 3.63) is 35.8 Å². The fourth-order valence-electron chi connectivity index (χ4n) is 7.86. The molecule has 0 spiro atoms. The first-order valence-electron chi connectivity index (χ1n) is 12.0. The summed E-state index contributed by atoms with van der Waals surface area (Å²) in [6.07, 6.45) is 6.50. The SMILES string of the molecule is CC12CCC(=O)C=C1CCC1C2[C@@H](O)CC2(C)C1CC[C@]2(O)C(=O)COc1ccc(F)cn1.